The summed E-state index contributed by atoms with van der Waals surface area (Å²) in [7, 11) is 2.61. The van der Waals surface area contributed by atoms with Gasteiger partial charge in [0.25, 0.3) is 6.43 Å². The Labute approximate surface area is 84.6 Å². The van der Waals surface area contributed by atoms with Crippen molar-refractivity contribution < 1.29 is 18.3 Å². The molecule has 0 atom stereocenters. The lowest BCUT2D eigenvalue weighted by atomic mass is 10.3. The van der Waals surface area contributed by atoms with Crippen molar-refractivity contribution in [2.45, 2.75) is 6.43 Å². The van der Waals surface area contributed by atoms with Crippen molar-refractivity contribution in [3.8, 4) is 11.5 Å². The number of rotatable bonds is 3. The fourth-order valence-corrected chi connectivity index (χ4v) is 1.26. The average Bonchev–Trinajstić information content (AvgIpc) is 2.17. The fraction of sp³-hybridized carbons (Fsp3) is 0.375. The van der Waals surface area contributed by atoms with Gasteiger partial charge in [-0.1, -0.05) is 11.6 Å². The van der Waals surface area contributed by atoms with Gasteiger partial charge in [-0.15, -0.1) is 0 Å². The zero-order chi connectivity index (χ0) is 10.7. The monoisotopic (exact) mass is 223 g/mol. The largest absolute Gasteiger partial charge is 0.493 e. The lowest BCUT2D eigenvalue weighted by molar-refractivity contribution is 0.141. The van der Waals surface area contributed by atoms with Crippen molar-refractivity contribution in [2.24, 2.45) is 0 Å². The molecular weight excluding hydrogens is 216 g/mol. The Kier molecular flexibility index (Phi) is 3.46. The van der Waals surface area contributed by atoms with Crippen LogP contribution in [0.2, 0.25) is 5.02 Å². The zero-order valence-electron chi connectivity index (χ0n) is 7.55. The second-order valence-corrected chi connectivity index (χ2v) is 2.74. The van der Waals surface area contributed by atoms with Crippen LogP contribution in [0.15, 0.2) is 6.20 Å². The smallest absolute Gasteiger partial charge is 0.284 e. The Bertz CT molecular complexity index is 333. The maximum absolute atomic E-state index is 12.4. The Morgan fingerprint density at radius 3 is 2.43 bits per heavy atom. The molecular formula is C8H8ClF2NO2. The number of hydrogen-bond donors (Lipinski definition) is 0. The highest BCUT2D eigenvalue weighted by Gasteiger charge is 2.21. The summed E-state index contributed by atoms with van der Waals surface area (Å²) in [6.45, 7) is 0. The third-order valence-electron chi connectivity index (χ3n) is 1.60. The van der Waals surface area contributed by atoms with Crippen LogP contribution in [0, 0.1) is 0 Å². The first kappa shape index (κ1) is 11.0. The number of hydrogen-bond acceptors (Lipinski definition) is 3. The predicted molar refractivity (Wildman–Crippen MR) is 47.3 cm³/mol. The third-order valence-corrected chi connectivity index (χ3v) is 1.96. The van der Waals surface area contributed by atoms with Gasteiger partial charge in [-0.3, -0.25) is 0 Å². The van der Waals surface area contributed by atoms with Gasteiger partial charge in [0, 0.05) is 0 Å². The van der Waals surface area contributed by atoms with E-state index in [-0.39, 0.29) is 16.5 Å². The summed E-state index contributed by atoms with van der Waals surface area (Å²) in [4.78, 5) is 3.50. The minimum absolute atomic E-state index is 0.000278. The van der Waals surface area contributed by atoms with Gasteiger partial charge in [0.05, 0.1) is 20.4 Å². The molecule has 14 heavy (non-hydrogen) atoms. The van der Waals surface area contributed by atoms with Crippen molar-refractivity contribution in [1.29, 1.82) is 0 Å². The van der Waals surface area contributed by atoms with Crippen LogP contribution in [0.25, 0.3) is 0 Å². The van der Waals surface area contributed by atoms with Crippen molar-refractivity contribution in [3.05, 3.63) is 16.9 Å². The van der Waals surface area contributed by atoms with Gasteiger partial charge in [0.2, 0.25) is 0 Å². The molecule has 1 heterocycles. The van der Waals surface area contributed by atoms with Gasteiger partial charge in [0.15, 0.2) is 11.5 Å². The molecule has 0 unspecified atom stereocenters. The Morgan fingerprint density at radius 2 is 2.00 bits per heavy atom. The third kappa shape index (κ3) is 1.87. The summed E-state index contributed by atoms with van der Waals surface area (Å²) in [5.74, 6) is 0.0499. The van der Waals surface area contributed by atoms with E-state index in [4.69, 9.17) is 21.1 Å². The van der Waals surface area contributed by atoms with E-state index in [0.29, 0.717) is 0 Å². The van der Waals surface area contributed by atoms with Crippen molar-refractivity contribution in [3.63, 3.8) is 0 Å². The molecule has 0 radical (unpaired) electrons. The summed E-state index contributed by atoms with van der Waals surface area (Å²) < 4.78 is 34.3. The maximum atomic E-state index is 12.4. The molecule has 78 valence electrons. The number of nitrogens with zero attached hydrogens (tertiary/aromatic N) is 1. The molecule has 1 aromatic heterocycles. The molecule has 0 aliphatic heterocycles. The highest BCUT2D eigenvalue weighted by atomic mass is 35.5. The lowest BCUT2D eigenvalue weighted by Gasteiger charge is -2.10. The normalized spacial score (nSPS) is 10.4. The van der Waals surface area contributed by atoms with Crippen LogP contribution >= 0.6 is 11.6 Å². The van der Waals surface area contributed by atoms with Gasteiger partial charge >= 0.3 is 0 Å². The first-order chi connectivity index (χ1) is 6.61. The van der Waals surface area contributed by atoms with E-state index in [0.717, 1.165) is 6.20 Å². The molecule has 0 aliphatic rings. The average molecular weight is 224 g/mol. The Morgan fingerprint density at radius 1 is 1.36 bits per heavy atom. The van der Waals surface area contributed by atoms with Gasteiger partial charge in [0.1, 0.15) is 10.7 Å². The van der Waals surface area contributed by atoms with Crippen LogP contribution in [0.5, 0.6) is 11.5 Å². The minimum atomic E-state index is -2.73. The molecule has 0 N–H and O–H groups in total. The standard InChI is InChI=1S/C8H8ClF2NO2/c1-13-4-3-12-6(8(10)11)7(14-2)5(4)9/h3,8H,1-2H3. The highest BCUT2D eigenvalue weighted by Crippen LogP contribution is 2.38. The van der Waals surface area contributed by atoms with Crippen molar-refractivity contribution >= 4 is 11.6 Å². The topological polar surface area (TPSA) is 31.4 Å². The highest BCUT2D eigenvalue weighted by molar-refractivity contribution is 6.33. The molecule has 0 spiro atoms. The second-order valence-electron chi connectivity index (χ2n) is 2.36. The molecule has 0 amide bonds. The van der Waals surface area contributed by atoms with Crippen LogP contribution in [0.3, 0.4) is 0 Å². The molecule has 0 aliphatic carbocycles. The van der Waals surface area contributed by atoms with E-state index in [2.05, 4.69) is 4.98 Å². The van der Waals surface area contributed by atoms with Crippen molar-refractivity contribution in [1.82, 2.24) is 4.98 Å². The van der Waals surface area contributed by atoms with Gasteiger partial charge in [-0.2, -0.15) is 0 Å². The number of ether oxygens (including phenoxy) is 2. The van der Waals surface area contributed by atoms with E-state index >= 15 is 0 Å². The van der Waals surface area contributed by atoms with Crippen LogP contribution in [0.4, 0.5) is 8.78 Å². The molecule has 0 fully saturated rings. The number of aromatic nitrogens is 1. The number of pyridine rings is 1. The minimum Gasteiger partial charge on any atom is -0.493 e. The van der Waals surface area contributed by atoms with Crippen LogP contribution in [0.1, 0.15) is 12.1 Å². The van der Waals surface area contributed by atoms with E-state index in [1.165, 1.54) is 14.2 Å². The quantitative estimate of drug-likeness (QED) is 0.790. The molecule has 0 aromatic carbocycles. The van der Waals surface area contributed by atoms with Crippen molar-refractivity contribution in [2.75, 3.05) is 14.2 Å². The van der Waals surface area contributed by atoms with Gasteiger partial charge in [-0.05, 0) is 0 Å². The summed E-state index contributed by atoms with van der Waals surface area (Å²) >= 11 is 5.73. The zero-order valence-corrected chi connectivity index (χ0v) is 8.31. The molecule has 0 bridgehead atoms. The Hall–Kier alpha value is -1.10. The maximum Gasteiger partial charge on any atom is 0.284 e. The molecule has 0 saturated carbocycles. The Balaban J connectivity index is 3.28. The van der Waals surface area contributed by atoms with E-state index in [1.54, 1.807) is 0 Å². The number of methoxy groups -OCH3 is 2. The van der Waals surface area contributed by atoms with Crippen LogP contribution in [-0.2, 0) is 0 Å². The summed E-state index contributed by atoms with van der Waals surface area (Å²) in [6.07, 6.45) is -1.60. The van der Waals surface area contributed by atoms with Gasteiger partial charge in [-0.25, -0.2) is 13.8 Å². The summed E-state index contributed by atoms with van der Waals surface area (Å²) in [6, 6.07) is 0. The summed E-state index contributed by atoms with van der Waals surface area (Å²) in [5.41, 5.74) is -0.488. The predicted octanol–water partition coefficient (Wildman–Crippen LogP) is 2.69. The molecule has 0 saturated heterocycles. The summed E-state index contributed by atoms with van der Waals surface area (Å²) in [5, 5.41) is 0.000278. The van der Waals surface area contributed by atoms with Crippen LogP contribution < -0.4 is 9.47 Å². The number of alkyl halides is 2. The first-order valence-electron chi connectivity index (χ1n) is 3.66. The lowest BCUT2D eigenvalue weighted by Crippen LogP contribution is -1.99. The molecule has 1 aromatic rings. The molecule has 3 nitrogen and oxygen atoms in total. The fourth-order valence-electron chi connectivity index (χ4n) is 0.960. The van der Waals surface area contributed by atoms with Crippen LogP contribution in [-0.4, -0.2) is 19.2 Å². The van der Waals surface area contributed by atoms with E-state index in [1.807, 2.05) is 0 Å². The number of halogens is 3. The molecule has 1 rings (SSSR count). The SMILES string of the molecule is COc1cnc(C(F)F)c(OC)c1Cl. The molecule has 6 heteroatoms. The van der Waals surface area contributed by atoms with Gasteiger partial charge < -0.3 is 9.47 Å². The first-order valence-corrected chi connectivity index (χ1v) is 4.04. The van der Waals surface area contributed by atoms with E-state index in [9.17, 15) is 8.78 Å². The van der Waals surface area contributed by atoms with E-state index < -0.39 is 12.1 Å². The second kappa shape index (κ2) is 4.41.